The van der Waals surface area contributed by atoms with Crippen LogP contribution in [0.5, 0.6) is 5.75 Å². The van der Waals surface area contributed by atoms with Crippen molar-refractivity contribution < 1.29 is 43.6 Å². The SMILES string of the molecule is CC(C(=O)NC(CC(N)=O)C(=O)N1CCCC1C(=O)NC(CC1=CN=C[NH2+]1)C(N)=O)N(C)C(=O)C(Cc1ccc(OC(C)(C)C)cc1)NC(=O)CCl. The van der Waals surface area contributed by atoms with Gasteiger partial charge in [-0.1, -0.05) is 12.1 Å². The van der Waals surface area contributed by atoms with Crippen molar-refractivity contribution in [3.05, 3.63) is 41.7 Å². The van der Waals surface area contributed by atoms with E-state index in [0.29, 0.717) is 23.4 Å². The summed E-state index contributed by atoms with van der Waals surface area (Å²) in [6.07, 6.45) is 3.35. The standard InChI is InChI=1S/C34H48ClN9O8/c1-19(43(5)32(50)24(40-28(46)16-35)13-20-8-10-22(11-9-20)52-34(2,3)4)30(48)42-25(15-27(36)45)33(51)44-12-6-7-26(44)31(49)41-23(29(37)47)14-21-17-38-18-39-21/h8-11,17-19,23-26H,6-7,12-16H2,1-5H3,(H2,36,45)(H2,37,47)(H,38,39)(H,40,46)(H,41,49)(H,42,48)/p+1. The molecule has 5 atom stereocenters. The number of rotatable bonds is 17. The normalized spacial score (nSPS) is 17.6. The Kier molecular flexibility index (Phi) is 14.7. The van der Waals surface area contributed by atoms with Crippen molar-refractivity contribution in [2.75, 3.05) is 19.5 Å². The molecular formula is C34H49ClN9O8+. The van der Waals surface area contributed by atoms with Crippen molar-refractivity contribution in [2.24, 2.45) is 16.5 Å². The minimum absolute atomic E-state index is 0.0668. The van der Waals surface area contributed by atoms with E-state index in [1.54, 1.807) is 29.6 Å². The van der Waals surface area contributed by atoms with Crippen molar-refractivity contribution in [1.29, 1.82) is 0 Å². The summed E-state index contributed by atoms with van der Waals surface area (Å²) in [4.78, 5) is 97.0. The molecule has 18 heteroatoms. The van der Waals surface area contributed by atoms with Crippen LogP contribution in [0.1, 0.15) is 58.9 Å². The summed E-state index contributed by atoms with van der Waals surface area (Å²) in [6.45, 7) is 7.28. The molecule has 2 aliphatic heterocycles. The Labute approximate surface area is 307 Å². The number of amides is 7. The highest BCUT2D eigenvalue weighted by Gasteiger charge is 2.40. The first-order valence-electron chi connectivity index (χ1n) is 16.8. The summed E-state index contributed by atoms with van der Waals surface area (Å²) in [5, 5.41) is 9.39. The summed E-state index contributed by atoms with van der Waals surface area (Å²) >= 11 is 5.72. The Hall–Kier alpha value is -5.03. The molecule has 0 saturated carbocycles. The minimum atomic E-state index is -1.47. The Bertz CT molecular complexity index is 1580. The first kappa shape index (κ1) is 41.4. The van der Waals surface area contributed by atoms with Gasteiger partial charge >= 0.3 is 0 Å². The Morgan fingerprint density at radius 1 is 1.02 bits per heavy atom. The first-order valence-corrected chi connectivity index (χ1v) is 17.4. The molecule has 0 spiro atoms. The van der Waals surface area contributed by atoms with Crippen LogP contribution in [0.15, 0.2) is 41.2 Å². The average molecular weight is 747 g/mol. The quantitative estimate of drug-likeness (QED) is 0.0984. The molecule has 1 aromatic rings. The first-order chi connectivity index (χ1) is 24.4. The number of nitrogens with one attached hydrogen (secondary N) is 3. The minimum Gasteiger partial charge on any atom is -0.488 e. The smallest absolute Gasteiger partial charge is 0.246 e. The van der Waals surface area contributed by atoms with E-state index < -0.39 is 89.5 Å². The van der Waals surface area contributed by atoms with E-state index in [2.05, 4.69) is 20.9 Å². The molecule has 52 heavy (non-hydrogen) atoms. The van der Waals surface area contributed by atoms with Crippen molar-refractivity contribution in [2.45, 2.75) is 95.6 Å². The maximum Gasteiger partial charge on any atom is 0.246 e. The Morgan fingerprint density at radius 2 is 1.69 bits per heavy atom. The molecule has 9 N–H and O–H groups in total. The van der Waals surface area contributed by atoms with Crippen molar-refractivity contribution >= 4 is 59.3 Å². The van der Waals surface area contributed by atoms with Crippen molar-refractivity contribution in [3.63, 3.8) is 0 Å². The lowest BCUT2D eigenvalue weighted by molar-refractivity contribution is -0.472. The molecule has 2 aliphatic rings. The largest absolute Gasteiger partial charge is 0.488 e. The number of benzene rings is 1. The number of alkyl halides is 1. The predicted molar refractivity (Wildman–Crippen MR) is 190 cm³/mol. The number of ether oxygens (including phenoxy) is 1. The highest BCUT2D eigenvalue weighted by atomic mass is 35.5. The second-order valence-corrected chi connectivity index (χ2v) is 14.0. The maximum absolute atomic E-state index is 13.8. The third-order valence-corrected chi connectivity index (χ3v) is 8.67. The van der Waals surface area contributed by atoms with E-state index in [1.165, 1.54) is 31.4 Å². The summed E-state index contributed by atoms with van der Waals surface area (Å²) in [5.74, 6) is -4.82. The number of likely N-dealkylation sites (N-methyl/N-ethyl adjacent to an activating group) is 1. The molecule has 0 aromatic heterocycles. The van der Waals surface area contributed by atoms with Gasteiger partial charge in [0, 0.05) is 20.0 Å². The van der Waals surface area contributed by atoms with Gasteiger partial charge in [-0.15, -0.1) is 11.6 Å². The lowest BCUT2D eigenvalue weighted by Crippen LogP contribution is -2.79. The third-order valence-electron chi connectivity index (χ3n) is 8.42. The molecule has 1 fully saturated rings. The second kappa shape index (κ2) is 18.5. The number of nitrogens with two attached hydrogens (primary N) is 3. The number of quaternary nitrogens is 1. The number of hydrogen-bond donors (Lipinski definition) is 6. The number of likely N-dealkylation sites (tertiary alicyclic amines) is 1. The fraction of sp³-hybridized carbons (Fsp3) is 0.529. The van der Waals surface area contributed by atoms with Crippen LogP contribution in [-0.2, 0) is 40.0 Å². The lowest BCUT2D eigenvalue weighted by atomic mass is 10.0. The van der Waals surface area contributed by atoms with Crippen LogP contribution in [0.2, 0.25) is 0 Å². The van der Waals surface area contributed by atoms with Gasteiger partial charge in [0.25, 0.3) is 0 Å². The van der Waals surface area contributed by atoms with Crippen molar-refractivity contribution in [3.8, 4) is 5.75 Å². The molecule has 1 saturated heterocycles. The van der Waals surface area contributed by atoms with Gasteiger partial charge in [0.2, 0.25) is 41.4 Å². The van der Waals surface area contributed by atoms with Crippen molar-refractivity contribution in [1.82, 2.24) is 25.8 Å². The Morgan fingerprint density at radius 3 is 2.25 bits per heavy atom. The lowest BCUT2D eigenvalue weighted by Gasteiger charge is -2.32. The number of carbonyl (C=O) groups is 7. The van der Waals surface area contributed by atoms with Crippen LogP contribution in [0, 0.1) is 0 Å². The number of halogens is 1. The molecule has 17 nitrogen and oxygen atoms in total. The molecule has 1 aromatic carbocycles. The predicted octanol–water partition coefficient (Wildman–Crippen LogP) is -1.86. The fourth-order valence-electron chi connectivity index (χ4n) is 5.69. The summed E-state index contributed by atoms with van der Waals surface area (Å²) in [5.41, 5.74) is 11.9. The monoisotopic (exact) mass is 746 g/mol. The number of nitrogens with zero attached hydrogens (tertiary/aromatic N) is 3. The third kappa shape index (κ3) is 12.0. The summed E-state index contributed by atoms with van der Waals surface area (Å²) in [7, 11) is 1.36. The van der Waals surface area contributed by atoms with Gasteiger partial charge in [-0.25, -0.2) is 4.99 Å². The summed E-state index contributed by atoms with van der Waals surface area (Å²) in [6, 6.07) is 1.16. The van der Waals surface area contributed by atoms with Gasteiger partial charge in [-0.3, -0.25) is 38.9 Å². The van der Waals surface area contributed by atoms with Crippen LogP contribution in [0.4, 0.5) is 0 Å². The highest BCUT2D eigenvalue weighted by molar-refractivity contribution is 6.27. The van der Waals surface area contributed by atoms with Crippen LogP contribution in [0.3, 0.4) is 0 Å². The van der Waals surface area contributed by atoms with Gasteiger partial charge < -0.3 is 42.0 Å². The van der Waals surface area contributed by atoms with E-state index in [9.17, 15) is 33.6 Å². The molecule has 3 rings (SSSR count). The number of carbonyl (C=O) groups excluding carboxylic acids is 7. The highest BCUT2D eigenvalue weighted by Crippen LogP contribution is 2.21. The zero-order valence-electron chi connectivity index (χ0n) is 30.0. The zero-order valence-corrected chi connectivity index (χ0v) is 30.8. The topological polar surface area (TPSA) is 252 Å². The van der Waals surface area contributed by atoms with Gasteiger partial charge in [-0.2, -0.15) is 0 Å². The van der Waals surface area contributed by atoms with Crippen LogP contribution in [0.25, 0.3) is 0 Å². The van der Waals surface area contributed by atoms with Crippen LogP contribution < -0.4 is 37.5 Å². The maximum atomic E-state index is 13.8. The number of aliphatic imine (C=N–C) groups is 1. The van der Waals surface area contributed by atoms with E-state index in [1.807, 2.05) is 20.8 Å². The van der Waals surface area contributed by atoms with Gasteiger partial charge in [0.05, 0.1) is 19.0 Å². The van der Waals surface area contributed by atoms with E-state index in [0.717, 1.165) is 4.90 Å². The molecular weight excluding hydrogens is 698 g/mol. The Balaban J connectivity index is 1.72. The number of primary amides is 2. The summed E-state index contributed by atoms with van der Waals surface area (Å²) < 4.78 is 5.85. The van der Waals surface area contributed by atoms with E-state index >= 15 is 0 Å². The number of hydrogen-bond acceptors (Lipinski definition) is 9. The van der Waals surface area contributed by atoms with Gasteiger partial charge in [0.1, 0.15) is 53.1 Å². The van der Waals surface area contributed by atoms with Gasteiger partial charge in [-0.05, 0) is 58.2 Å². The molecule has 0 bridgehead atoms. The van der Waals surface area contributed by atoms with E-state index in [4.69, 9.17) is 27.8 Å². The van der Waals surface area contributed by atoms with Gasteiger partial charge in [0.15, 0.2) is 6.34 Å². The molecule has 5 unspecified atom stereocenters. The molecule has 0 radical (unpaired) electrons. The fourth-order valence-corrected chi connectivity index (χ4v) is 5.77. The molecule has 7 amide bonds. The van der Waals surface area contributed by atoms with Crippen LogP contribution in [-0.4, -0.2) is 113 Å². The molecule has 0 aliphatic carbocycles. The average Bonchev–Trinajstić information content (AvgIpc) is 3.78. The zero-order chi connectivity index (χ0) is 38.7. The van der Waals surface area contributed by atoms with E-state index in [-0.39, 0.29) is 25.8 Å². The van der Waals surface area contributed by atoms with Crippen LogP contribution >= 0.6 is 11.6 Å². The second-order valence-electron chi connectivity index (χ2n) is 13.7. The molecule has 284 valence electrons. The molecule has 2 heterocycles.